The van der Waals surface area contributed by atoms with E-state index in [9.17, 15) is 4.79 Å². The molecular formula is C20H26Cl2N4O. The highest BCUT2D eigenvalue weighted by molar-refractivity contribution is 6.42. The fourth-order valence-electron chi connectivity index (χ4n) is 4.28. The van der Waals surface area contributed by atoms with Crippen molar-refractivity contribution in [3.63, 3.8) is 0 Å². The quantitative estimate of drug-likeness (QED) is 0.764. The van der Waals surface area contributed by atoms with Crippen LogP contribution >= 0.6 is 23.2 Å². The van der Waals surface area contributed by atoms with Crippen LogP contribution in [0.15, 0.2) is 12.1 Å². The third kappa shape index (κ3) is 4.35. The number of amides is 1. The zero-order valence-corrected chi connectivity index (χ0v) is 17.0. The molecule has 1 saturated heterocycles. The smallest absolute Gasteiger partial charge is 0.223 e. The van der Waals surface area contributed by atoms with Crippen molar-refractivity contribution in [2.24, 2.45) is 11.8 Å². The van der Waals surface area contributed by atoms with Crippen molar-refractivity contribution in [1.82, 2.24) is 15.3 Å². The second kappa shape index (κ2) is 8.27. The SMILES string of the molecule is O=C(NCC1CCCCC1)C1CCN(c2nc3cc(Cl)c(Cl)cc3[nH]2)CC1. The summed E-state index contributed by atoms with van der Waals surface area (Å²) >= 11 is 12.2. The van der Waals surface area contributed by atoms with Gasteiger partial charge in [-0.2, -0.15) is 0 Å². The molecule has 2 heterocycles. The number of H-pyrrole nitrogens is 1. The minimum absolute atomic E-state index is 0.109. The molecule has 146 valence electrons. The highest BCUT2D eigenvalue weighted by atomic mass is 35.5. The Morgan fingerprint density at radius 1 is 1.11 bits per heavy atom. The third-order valence-corrected chi connectivity index (χ3v) is 6.69. The highest BCUT2D eigenvalue weighted by Crippen LogP contribution is 2.29. The Balaban J connectivity index is 1.31. The van der Waals surface area contributed by atoms with E-state index >= 15 is 0 Å². The van der Waals surface area contributed by atoms with E-state index in [4.69, 9.17) is 23.2 Å². The van der Waals surface area contributed by atoms with Crippen molar-refractivity contribution in [2.45, 2.75) is 44.9 Å². The van der Waals surface area contributed by atoms with Gasteiger partial charge in [0.2, 0.25) is 11.9 Å². The number of benzene rings is 1. The normalized spacial score (nSPS) is 19.6. The molecule has 2 aliphatic rings. The van der Waals surface area contributed by atoms with Crippen LogP contribution in [0.5, 0.6) is 0 Å². The molecule has 2 fully saturated rings. The standard InChI is InChI=1S/C20H26Cl2N4O/c21-15-10-17-18(11-16(15)22)25-20(24-17)26-8-6-14(7-9-26)19(27)23-12-13-4-2-1-3-5-13/h10-11,13-14H,1-9,12H2,(H,23,27)(H,24,25). The highest BCUT2D eigenvalue weighted by Gasteiger charge is 2.27. The van der Waals surface area contributed by atoms with Crippen LogP contribution < -0.4 is 10.2 Å². The summed E-state index contributed by atoms with van der Waals surface area (Å²) in [6, 6.07) is 3.59. The van der Waals surface area contributed by atoms with Gasteiger partial charge in [0.1, 0.15) is 0 Å². The average molecular weight is 409 g/mol. The molecule has 0 atom stereocenters. The second-order valence-electron chi connectivity index (χ2n) is 7.85. The number of rotatable bonds is 4. The lowest BCUT2D eigenvalue weighted by Gasteiger charge is -2.31. The Kier molecular flexibility index (Phi) is 5.79. The third-order valence-electron chi connectivity index (χ3n) is 5.97. The molecule has 1 aliphatic carbocycles. The number of imidazole rings is 1. The molecule has 2 N–H and O–H groups in total. The monoisotopic (exact) mass is 408 g/mol. The van der Waals surface area contributed by atoms with Crippen molar-refractivity contribution in [3.05, 3.63) is 22.2 Å². The van der Waals surface area contributed by atoms with E-state index in [1.165, 1.54) is 32.1 Å². The van der Waals surface area contributed by atoms with Gasteiger partial charge in [0.25, 0.3) is 0 Å². The minimum atomic E-state index is 0.109. The lowest BCUT2D eigenvalue weighted by atomic mass is 9.89. The van der Waals surface area contributed by atoms with Gasteiger partial charge in [-0.05, 0) is 43.7 Å². The first kappa shape index (κ1) is 18.9. The second-order valence-corrected chi connectivity index (χ2v) is 8.67. The van der Waals surface area contributed by atoms with Gasteiger partial charge in [0.05, 0.1) is 21.1 Å². The Bertz CT molecular complexity index is 769. The summed E-state index contributed by atoms with van der Waals surface area (Å²) in [5, 5.41) is 4.23. The number of aromatic amines is 1. The maximum Gasteiger partial charge on any atom is 0.223 e. The largest absolute Gasteiger partial charge is 0.356 e. The Labute approximate surface area is 169 Å². The fourth-order valence-corrected chi connectivity index (χ4v) is 4.60. The van der Waals surface area contributed by atoms with Gasteiger partial charge < -0.3 is 15.2 Å². The van der Waals surface area contributed by atoms with Crippen LogP contribution in [0, 0.1) is 11.8 Å². The summed E-state index contributed by atoms with van der Waals surface area (Å²) < 4.78 is 0. The fraction of sp³-hybridized carbons (Fsp3) is 0.600. The topological polar surface area (TPSA) is 61.0 Å². The number of nitrogens with one attached hydrogen (secondary N) is 2. The lowest BCUT2D eigenvalue weighted by Crippen LogP contribution is -2.42. The summed E-state index contributed by atoms with van der Waals surface area (Å²) in [5.41, 5.74) is 1.69. The molecule has 0 unspecified atom stereocenters. The van der Waals surface area contributed by atoms with E-state index in [-0.39, 0.29) is 11.8 Å². The number of nitrogens with zero attached hydrogens (tertiary/aromatic N) is 2. The van der Waals surface area contributed by atoms with Crippen molar-refractivity contribution < 1.29 is 4.79 Å². The number of anilines is 1. The van der Waals surface area contributed by atoms with Crippen LogP contribution in [0.2, 0.25) is 10.0 Å². The Morgan fingerprint density at radius 2 is 1.81 bits per heavy atom. The molecular weight excluding hydrogens is 383 g/mol. The summed E-state index contributed by atoms with van der Waals surface area (Å²) in [5.74, 6) is 1.84. The molecule has 0 bridgehead atoms. The van der Waals surface area contributed by atoms with Gasteiger partial charge in [0.15, 0.2) is 0 Å². The predicted octanol–water partition coefficient (Wildman–Crippen LogP) is 4.78. The number of halogens is 2. The van der Waals surface area contributed by atoms with Crippen molar-refractivity contribution >= 4 is 46.1 Å². The van der Waals surface area contributed by atoms with Crippen molar-refractivity contribution in [3.8, 4) is 0 Å². The molecule has 0 spiro atoms. The van der Waals surface area contributed by atoms with Gasteiger partial charge in [-0.1, -0.05) is 42.5 Å². The van der Waals surface area contributed by atoms with E-state index < -0.39 is 0 Å². The van der Waals surface area contributed by atoms with Gasteiger partial charge in [-0.15, -0.1) is 0 Å². The van der Waals surface area contributed by atoms with Gasteiger partial charge in [-0.3, -0.25) is 4.79 Å². The van der Waals surface area contributed by atoms with Crippen LogP contribution in [0.3, 0.4) is 0 Å². The van der Waals surface area contributed by atoms with Crippen molar-refractivity contribution in [2.75, 3.05) is 24.5 Å². The maximum atomic E-state index is 12.5. The summed E-state index contributed by atoms with van der Waals surface area (Å²) in [4.78, 5) is 22.7. The average Bonchev–Trinajstić information content (AvgIpc) is 3.10. The number of carbonyl (C=O) groups excluding carboxylic acids is 1. The summed E-state index contributed by atoms with van der Waals surface area (Å²) in [7, 11) is 0. The maximum absolute atomic E-state index is 12.5. The van der Waals surface area contributed by atoms with E-state index in [2.05, 4.69) is 20.2 Å². The van der Waals surface area contributed by atoms with Crippen molar-refractivity contribution in [1.29, 1.82) is 0 Å². The van der Waals surface area contributed by atoms with Crippen LogP contribution in [-0.2, 0) is 4.79 Å². The molecule has 1 aromatic carbocycles. The minimum Gasteiger partial charge on any atom is -0.356 e. The van der Waals surface area contributed by atoms with E-state index in [0.717, 1.165) is 49.5 Å². The molecule has 1 saturated carbocycles. The lowest BCUT2D eigenvalue weighted by molar-refractivity contribution is -0.125. The van der Waals surface area contributed by atoms with Gasteiger partial charge in [0, 0.05) is 25.6 Å². The van der Waals surface area contributed by atoms with E-state index in [1.807, 2.05) is 0 Å². The summed E-state index contributed by atoms with van der Waals surface area (Å²) in [6.07, 6.45) is 8.21. The van der Waals surface area contributed by atoms with E-state index in [0.29, 0.717) is 16.0 Å². The molecule has 5 nitrogen and oxygen atoms in total. The summed E-state index contributed by atoms with van der Waals surface area (Å²) in [6.45, 7) is 2.50. The first-order chi connectivity index (χ1) is 13.1. The molecule has 1 aliphatic heterocycles. The number of hydrogen-bond acceptors (Lipinski definition) is 3. The number of carbonyl (C=O) groups is 1. The van der Waals surface area contributed by atoms with Gasteiger partial charge in [-0.25, -0.2) is 4.98 Å². The molecule has 27 heavy (non-hydrogen) atoms. The van der Waals surface area contributed by atoms with E-state index in [1.54, 1.807) is 12.1 Å². The van der Waals surface area contributed by atoms with Crippen LogP contribution in [0.25, 0.3) is 11.0 Å². The van der Waals surface area contributed by atoms with Gasteiger partial charge >= 0.3 is 0 Å². The molecule has 1 aromatic heterocycles. The zero-order valence-electron chi connectivity index (χ0n) is 15.4. The number of aromatic nitrogens is 2. The number of piperidine rings is 1. The molecule has 1 amide bonds. The molecule has 4 rings (SSSR count). The Morgan fingerprint density at radius 3 is 2.56 bits per heavy atom. The molecule has 0 radical (unpaired) electrons. The molecule has 2 aromatic rings. The predicted molar refractivity (Wildman–Crippen MR) is 111 cm³/mol. The van der Waals surface area contributed by atoms with Crippen LogP contribution in [-0.4, -0.2) is 35.5 Å². The zero-order chi connectivity index (χ0) is 18.8. The number of fused-ring (bicyclic) bond motifs is 1. The number of hydrogen-bond donors (Lipinski definition) is 2. The Hall–Kier alpha value is -1.46. The molecule has 7 heteroatoms. The van der Waals surface area contributed by atoms with Crippen LogP contribution in [0.4, 0.5) is 5.95 Å². The van der Waals surface area contributed by atoms with Crippen LogP contribution in [0.1, 0.15) is 44.9 Å². The first-order valence-corrected chi connectivity index (χ1v) is 10.7. The first-order valence-electron chi connectivity index (χ1n) is 9.97.